The van der Waals surface area contributed by atoms with Crippen LogP contribution in [0.4, 0.5) is 0 Å². The SMILES string of the molecule is CCN1CC[C@@H](C(C)C)C1. The Morgan fingerprint density at radius 3 is 2.50 bits per heavy atom. The summed E-state index contributed by atoms with van der Waals surface area (Å²) in [6.07, 6.45) is 1.42. The molecule has 0 aromatic heterocycles. The Balaban J connectivity index is 2.28. The highest BCUT2D eigenvalue weighted by molar-refractivity contribution is 4.76. The highest BCUT2D eigenvalue weighted by atomic mass is 15.1. The molecule has 0 aliphatic carbocycles. The van der Waals surface area contributed by atoms with Crippen LogP contribution in [-0.2, 0) is 0 Å². The minimum atomic E-state index is 0.886. The quantitative estimate of drug-likeness (QED) is 0.568. The van der Waals surface area contributed by atoms with Crippen molar-refractivity contribution in [1.82, 2.24) is 4.90 Å². The zero-order valence-electron chi connectivity index (χ0n) is 7.43. The van der Waals surface area contributed by atoms with Gasteiger partial charge in [0, 0.05) is 6.54 Å². The number of nitrogens with zero attached hydrogens (tertiary/aromatic N) is 1. The van der Waals surface area contributed by atoms with Crippen LogP contribution in [0, 0.1) is 11.8 Å². The molecule has 0 radical (unpaired) electrons. The lowest BCUT2D eigenvalue weighted by Gasteiger charge is -2.15. The van der Waals surface area contributed by atoms with E-state index >= 15 is 0 Å². The highest BCUT2D eigenvalue weighted by Gasteiger charge is 2.22. The molecular formula is C9H19N. The summed E-state index contributed by atoms with van der Waals surface area (Å²) in [5.74, 6) is 1.86. The Labute approximate surface area is 64.4 Å². The Morgan fingerprint density at radius 1 is 1.50 bits per heavy atom. The molecule has 0 N–H and O–H groups in total. The van der Waals surface area contributed by atoms with Crippen LogP contribution < -0.4 is 0 Å². The van der Waals surface area contributed by atoms with Gasteiger partial charge in [-0.2, -0.15) is 0 Å². The van der Waals surface area contributed by atoms with Gasteiger partial charge in [0.2, 0.25) is 0 Å². The lowest BCUT2D eigenvalue weighted by atomic mass is 9.95. The predicted molar refractivity (Wildman–Crippen MR) is 45.1 cm³/mol. The van der Waals surface area contributed by atoms with Crippen LogP contribution >= 0.6 is 0 Å². The second-order valence-electron chi connectivity index (χ2n) is 3.69. The van der Waals surface area contributed by atoms with Gasteiger partial charge in [0.25, 0.3) is 0 Å². The fraction of sp³-hybridized carbons (Fsp3) is 1.00. The van der Waals surface area contributed by atoms with Crippen LogP contribution in [0.15, 0.2) is 0 Å². The Hall–Kier alpha value is -0.0400. The van der Waals surface area contributed by atoms with Gasteiger partial charge in [0.1, 0.15) is 0 Å². The summed E-state index contributed by atoms with van der Waals surface area (Å²) in [5.41, 5.74) is 0. The molecule has 1 fully saturated rings. The molecular weight excluding hydrogens is 122 g/mol. The third kappa shape index (κ3) is 1.72. The van der Waals surface area contributed by atoms with E-state index in [4.69, 9.17) is 0 Å². The fourth-order valence-electron chi connectivity index (χ4n) is 1.69. The van der Waals surface area contributed by atoms with Crippen molar-refractivity contribution in [2.45, 2.75) is 27.2 Å². The van der Waals surface area contributed by atoms with E-state index in [0.717, 1.165) is 11.8 Å². The van der Waals surface area contributed by atoms with Crippen molar-refractivity contribution in [3.05, 3.63) is 0 Å². The first-order valence-corrected chi connectivity index (χ1v) is 4.46. The number of hydrogen-bond donors (Lipinski definition) is 0. The average Bonchev–Trinajstić information content (AvgIpc) is 2.34. The van der Waals surface area contributed by atoms with Crippen LogP contribution in [0.5, 0.6) is 0 Å². The molecule has 1 heteroatoms. The van der Waals surface area contributed by atoms with E-state index in [1.807, 2.05) is 0 Å². The van der Waals surface area contributed by atoms with Gasteiger partial charge in [-0.15, -0.1) is 0 Å². The fourth-order valence-corrected chi connectivity index (χ4v) is 1.69. The van der Waals surface area contributed by atoms with E-state index in [2.05, 4.69) is 25.7 Å². The molecule has 1 atom stereocenters. The minimum Gasteiger partial charge on any atom is -0.303 e. The Kier molecular flexibility index (Phi) is 2.72. The first-order valence-electron chi connectivity index (χ1n) is 4.46. The van der Waals surface area contributed by atoms with E-state index in [-0.39, 0.29) is 0 Å². The maximum absolute atomic E-state index is 2.55. The third-order valence-electron chi connectivity index (χ3n) is 2.70. The highest BCUT2D eigenvalue weighted by Crippen LogP contribution is 2.22. The molecule has 1 nitrogen and oxygen atoms in total. The summed E-state index contributed by atoms with van der Waals surface area (Å²) in [4.78, 5) is 2.55. The normalized spacial score (nSPS) is 28.2. The first kappa shape index (κ1) is 8.06. The molecule has 0 spiro atoms. The van der Waals surface area contributed by atoms with Gasteiger partial charge in [0.15, 0.2) is 0 Å². The van der Waals surface area contributed by atoms with Gasteiger partial charge in [-0.3, -0.25) is 0 Å². The van der Waals surface area contributed by atoms with Gasteiger partial charge in [-0.05, 0) is 31.3 Å². The molecule has 0 bridgehead atoms. The van der Waals surface area contributed by atoms with Gasteiger partial charge in [-0.1, -0.05) is 20.8 Å². The third-order valence-corrected chi connectivity index (χ3v) is 2.70. The molecule has 1 saturated heterocycles. The monoisotopic (exact) mass is 141 g/mol. The molecule has 10 heavy (non-hydrogen) atoms. The van der Waals surface area contributed by atoms with Crippen molar-refractivity contribution in [2.75, 3.05) is 19.6 Å². The van der Waals surface area contributed by atoms with Crippen LogP contribution in [0.2, 0.25) is 0 Å². The molecule has 60 valence electrons. The summed E-state index contributed by atoms with van der Waals surface area (Å²) in [7, 11) is 0. The molecule has 1 heterocycles. The summed E-state index contributed by atoms with van der Waals surface area (Å²) in [6, 6.07) is 0. The van der Waals surface area contributed by atoms with E-state index in [1.54, 1.807) is 0 Å². The molecule has 1 rings (SSSR count). The zero-order chi connectivity index (χ0) is 7.56. The Bertz CT molecular complexity index is 98.9. The minimum absolute atomic E-state index is 0.886. The molecule has 0 aromatic carbocycles. The van der Waals surface area contributed by atoms with Crippen LogP contribution in [0.25, 0.3) is 0 Å². The maximum atomic E-state index is 2.55. The smallest absolute Gasteiger partial charge is 0.00125 e. The van der Waals surface area contributed by atoms with Crippen molar-refractivity contribution in [2.24, 2.45) is 11.8 Å². The second-order valence-corrected chi connectivity index (χ2v) is 3.69. The lowest BCUT2D eigenvalue weighted by molar-refractivity contribution is 0.317. The van der Waals surface area contributed by atoms with Crippen LogP contribution in [-0.4, -0.2) is 24.5 Å². The first-order chi connectivity index (χ1) is 4.74. The summed E-state index contributed by atoms with van der Waals surface area (Å²) in [5, 5.41) is 0. The van der Waals surface area contributed by atoms with E-state index in [1.165, 1.54) is 26.1 Å². The number of likely N-dealkylation sites (tertiary alicyclic amines) is 1. The van der Waals surface area contributed by atoms with Crippen molar-refractivity contribution >= 4 is 0 Å². The maximum Gasteiger partial charge on any atom is 0.00125 e. The summed E-state index contributed by atoms with van der Waals surface area (Å²) >= 11 is 0. The molecule has 0 amide bonds. The van der Waals surface area contributed by atoms with Crippen LogP contribution in [0.1, 0.15) is 27.2 Å². The van der Waals surface area contributed by atoms with E-state index in [0.29, 0.717) is 0 Å². The zero-order valence-corrected chi connectivity index (χ0v) is 7.43. The van der Waals surface area contributed by atoms with Crippen molar-refractivity contribution in [1.29, 1.82) is 0 Å². The Morgan fingerprint density at radius 2 is 2.20 bits per heavy atom. The summed E-state index contributed by atoms with van der Waals surface area (Å²) < 4.78 is 0. The average molecular weight is 141 g/mol. The van der Waals surface area contributed by atoms with Gasteiger partial charge >= 0.3 is 0 Å². The molecule has 1 aliphatic heterocycles. The van der Waals surface area contributed by atoms with Gasteiger partial charge in [-0.25, -0.2) is 0 Å². The number of hydrogen-bond acceptors (Lipinski definition) is 1. The summed E-state index contributed by atoms with van der Waals surface area (Å²) in [6.45, 7) is 10.8. The van der Waals surface area contributed by atoms with Gasteiger partial charge in [0.05, 0.1) is 0 Å². The largest absolute Gasteiger partial charge is 0.303 e. The van der Waals surface area contributed by atoms with Crippen molar-refractivity contribution in [3.8, 4) is 0 Å². The van der Waals surface area contributed by atoms with Crippen molar-refractivity contribution in [3.63, 3.8) is 0 Å². The topological polar surface area (TPSA) is 3.24 Å². The van der Waals surface area contributed by atoms with Gasteiger partial charge < -0.3 is 4.90 Å². The lowest BCUT2D eigenvalue weighted by Crippen LogP contribution is -2.21. The van der Waals surface area contributed by atoms with Crippen LogP contribution in [0.3, 0.4) is 0 Å². The predicted octanol–water partition coefficient (Wildman–Crippen LogP) is 1.98. The molecule has 0 aromatic rings. The molecule has 0 saturated carbocycles. The van der Waals surface area contributed by atoms with Crippen molar-refractivity contribution < 1.29 is 0 Å². The van der Waals surface area contributed by atoms with E-state index in [9.17, 15) is 0 Å². The number of rotatable bonds is 2. The molecule has 1 aliphatic rings. The second kappa shape index (κ2) is 3.38. The molecule has 0 unspecified atom stereocenters. The standard InChI is InChI=1S/C9H19N/c1-4-10-6-5-9(7-10)8(2)3/h8-9H,4-7H2,1-3H3/t9-/m1/s1. The van der Waals surface area contributed by atoms with E-state index < -0.39 is 0 Å².